The molecule has 0 saturated carbocycles. The number of likely N-dealkylation sites (tertiary alicyclic amines) is 1. The maximum Gasteiger partial charge on any atom is 0.426 e. The minimum atomic E-state index is -2.00. The molecule has 1 aromatic heterocycles. The molecule has 3 aromatic rings. The third kappa shape index (κ3) is 38.4. The average Bonchev–Trinajstić information content (AvgIpc) is 1.79. The average molecular weight is 1760 g/mol. The van der Waals surface area contributed by atoms with Crippen LogP contribution in [0.1, 0.15) is 177 Å². The Bertz CT molecular complexity index is 3990. The number of nitrogens with one attached hydrogen (secondary N) is 11. The minimum absolute atomic E-state index is 0.0133. The molecule has 4 rings (SSSR count). The number of carboxylic acid groups (broad SMARTS) is 6. The second kappa shape index (κ2) is 53.5. The van der Waals surface area contributed by atoms with Crippen LogP contribution in [0.2, 0.25) is 0 Å². The molecule has 0 spiro atoms. The first-order valence-electron chi connectivity index (χ1n) is 39.3. The lowest BCUT2D eigenvalue weighted by Crippen LogP contribution is -2.59. The molecule has 670 valence electrons. The van der Waals surface area contributed by atoms with Crippen LogP contribution in [0.15, 0.2) is 53.9 Å². The van der Waals surface area contributed by atoms with Crippen LogP contribution in [-0.4, -0.2) is 258 Å². The van der Waals surface area contributed by atoms with E-state index in [0.29, 0.717) is 42.6 Å². The lowest BCUT2D eigenvalue weighted by Gasteiger charge is -2.39. The summed E-state index contributed by atoms with van der Waals surface area (Å²) in [4.78, 5) is 225. The summed E-state index contributed by atoms with van der Waals surface area (Å²) in [5.74, 6) is -17.0. The van der Waals surface area contributed by atoms with Gasteiger partial charge in [0.1, 0.15) is 66.0 Å². The molecule has 12 atom stereocenters. The van der Waals surface area contributed by atoms with Gasteiger partial charge in [-0.2, -0.15) is 0 Å². The first kappa shape index (κ1) is 102. The summed E-state index contributed by atoms with van der Waals surface area (Å²) >= 11 is 1.05. The number of amides is 12. The topological polar surface area (TPSA) is 611 Å². The highest BCUT2D eigenvalue weighted by atomic mass is 33.1. The molecule has 1 saturated heterocycles. The van der Waals surface area contributed by atoms with Crippen LogP contribution in [0.4, 0.5) is 14.4 Å². The van der Waals surface area contributed by atoms with Crippen LogP contribution in [0.3, 0.4) is 0 Å². The number of urea groups is 2. The monoisotopic (exact) mass is 1760 g/mol. The van der Waals surface area contributed by atoms with Crippen LogP contribution in [-0.2, 0) is 95.9 Å². The molecular weight excluding hydrogens is 1650 g/mol. The minimum Gasteiger partial charge on any atom is -0.508 e. The van der Waals surface area contributed by atoms with Crippen molar-refractivity contribution >= 4 is 134 Å². The van der Waals surface area contributed by atoms with Crippen molar-refractivity contribution in [3.8, 4) is 5.75 Å². The van der Waals surface area contributed by atoms with Gasteiger partial charge in [-0.25, -0.2) is 39.2 Å². The SMILES string of the molecule is CCCOCN(C(=O)[C@@H](NC(=O)[C@H]1CCCCN1C)C(C)CC)C(C[C@@H](OC(C)=O)c1nc(C(=O)N[C@@H](Cc2ccc(O)cc2)C[C@H](C)C(=O)NNC(=O)OCCSSC[C@H](NC(=O)[C@H](CC(=O)O)NC(=O)[C@H](CC(=O)O)NC(=O)Cc2ccc(CNC(=O)NCCCC[C@H](NC(=O)N[C@@H](CCC(=O)O)C(=O)O)C(=O)O)cc2)C(=O)O)cs1)C(C)C. The number of hydrazine groups is 1. The summed E-state index contributed by atoms with van der Waals surface area (Å²) in [6.07, 6.45) is -1.54. The van der Waals surface area contributed by atoms with Gasteiger partial charge >= 0.3 is 59.9 Å². The molecule has 1 fully saturated rings. The number of aromatic nitrogens is 1. The molecule has 1 aliphatic heterocycles. The number of carbonyl (C=O) groups excluding carboxylic acids is 11. The number of aliphatic carboxylic acids is 6. The zero-order valence-corrected chi connectivity index (χ0v) is 71.0. The Labute approximate surface area is 710 Å². The van der Waals surface area contributed by atoms with Crippen LogP contribution >= 0.6 is 32.9 Å². The third-order valence-electron chi connectivity index (χ3n) is 19.1. The maximum atomic E-state index is 15.0. The Kier molecular flexibility index (Phi) is 45.2. The van der Waals surface area contributed by atoms with Gasteiger partial charge in [-0.05, 0) is 112 Å². The highest BCUT2D eigenvalue weighted by Gasteiger charge is 2.40. The van der Waals surface area contributed by atoms with Crippen molar-refractivity contribution in [1.29, 1.82) is 0 Å². The molecule has 121 heavy (non-hydrogen) atoms. The predicted octanol–water partition coefficient (Wildman–Crippen LogP) is 3.37. The number of carbonyl (C=O) groups is 17. The number of benzene rings is 2. The number of aromatic hydroxyl groups is 1. The fraction of sp³-hybridized carbons (Fsp3) is 0.584. The van der Waals surface area contributed by atoms with E-state index in [0.717, 1.165) is 52.3 Å². The number of nitrogens with zero attached hydrogens (tertiary/aromatic N) is 3. The van der Waals surface area contributed by atoms with E-state index < -0.39 is 188 Å². The zero-order valence-electron chi connectivity index (χ0n) is 68.5. The smallest absolute Gasteiger partial charge is 0.426 e. The number of carboxylic acids is 6. The van der Waals surface area contributed by atoms with Crippen molar-refractivity contribution in [1.82, 2.24) is 73.5 Å². The molecule has 18 N–H and O–H groups in total. The van der Waals surface area contributed by atoms with E-state index in [1.165, 1.54) is 55.6 Å². The molecule has 0 aliphatic carbocycles. The molecule has 0 bridgehead atoms. The van der Waals surface area contributed by atoms with Crippen LogP contribution in [0.25, 0.3) is 0 Å². The molecule has 2 heterocycles. The third-order valence-corrected chi connectivity index (χ3v) is 22.4. The Hall–Kier alpha value is -11.1. The van der Waals surface area contributed by atoms with Gasteiger partial charge in [-0.15, -0.1) is 11.3 Å². The molecule has 12 amide bonds. The normalized spacial score (nSPS) is 15.3. The van der Waals surface area contributed by atoms with E-state index in [9.17, 15) is 112 Å². The lowest BCUT2D eigenvalue weighted by molar-refractivity contribution is -0.153. The van der Waals surface area contributed by atoms with Gasteiger partial charge in [0, 0.05) is 74.3 Å². The fourth-order valence-corrected chi connectivity index (χ4v) is 15.2. The quantitative estimate of drug-likeness (QED) is 0.0127. The number of piperidine rings is 1. The van der Waals surface area contributed by atoms with Crippen molar-refractivity contribution in [3.05, 3.63) is 81.3 Å². The molecule has 44 heteroatoms. The number of rotatable bonds is 54. The maximum absolute atomic E-state index is 15.0. The Morgan fingerprint density at radius 1 is 0.645 bits per heavy atom. The molecule has 2 aromatic carbocycles. The number of phenols is 1. The summed E-state index contributed by atoms with van der Waals surface area (Å²) in [6, 6.07) is -0.898. The highest BCUT2D eigenvalue weighted by Crippen LogP contribution is 2.33. The summed E-state index contributed by atoms with van der Waals surface area (Å²) in [6.45, 7) is 13.1. The van der Waals surface area contributed by atoms with Gasteiger partial charge in [0.25, 0.3) is 5.91 Å². The van der Waals surface area contributed by atoms with Crippen LogP contribution in [0, 0.1) is 17.8 Å². The molecular formula is C77H112N14O27S3. The second-order valence-corrected chi connectivity index (χ2v) is 32.7. The number of likely N-dealkylation sites (N-methyl/N-ethyl adjacent to an activating group) is 1. The first-order chi connectivity index (χ1) is 57.3. The second-order valence-electron chi connectivity index (χ2n) is 29.2. The van der Waals surface area contributed by atoms with Crippen LogP contribution < -0.4 is 58.7 Å². The van der Waals surface area contributed by atoms with Crippen molar-refractivity contribution in [2.75, 3.05) is 51.6 Å². The van der Waals surface area contributed by atoms with Gasteiger partial charge in [-0.1, -0.05) is 112 Å². The number of phenolic OH excluding ortho intramolecular Hbond substituents is 1. The number of unbranched alkanes of at least 4 members (excludes halogenated alkanes) is 1. The van der Waals surface area contributed by atoms with Gasteiger partial charge in [0.2, 0.25) is 35.4 Å². The number of thiazole rings is 1. The number of ether oxygens (including phenoxy) is 3. The summed E-state index contributed by atoms with van der Waals surface area (Å²) in [7, 11) is 3.75. The standard InChI is InChI=1S/C77H112N14O27S3/c1-9-29-116-41-91(71(106)64(43(5)10-2)87-69(105)57-16-12-14-28-90(57)8)58(42(3)4)37-59(118-45(7)92)70-84-55(39-119-70)68(104)80-49(33-46-21-23-50(93)24-22-46)32-44(6)65(101)88-89-77(115)117-30-31-120-121-40-56(74(111)112)83-67(103)54(36-63(99)100)82-66(102)53(35-62(97)98)81-60(94)34-47-17-19-48(20-18-47)38-79-75(113)78-27-13-11-15-51(72(107)108)85-76(114)86-52(73(109)110)25-26-61(95)96/h17-24,39,42-44,49,51-54,56-59,64,93H,9-16,25-38,40-41H2,1-8H3,(H,80,104)(H,81,94)(H,82,102)(H,83,103)(H,87,105)(H,88,101)(H,89,115)(H,95,96)(H,97,98)(H,99,100)(H,107,108)(H,109,110)(H,111,112)(H2,78,79,113)(H2,85,86,114)/t43?,44-,49+,51-,52-,53-,54-,56-,57+,58?,59+,64-/m0/s1. The van der Waals surface area contributed by atoms with Crippen molar-refractivity contribution in [3.63, 3.8) is 0 Å². The zero-order chi connectivity index (χ0) is 90.0. The van der Waals surface area contributed by atoms with Crippen molar-refractivity contribution in [2.24, 2.45) is 17.8 Å². The van der Waals surface area contributed by atoms with Crippen LogP contribution in [0.5, 0.6) is 5.75 Å². The Balaban J connectivity index is 1.27. The van der Waals surface area contributed by atoms with Gasteiger partial charge in [0.05, 0.1) is 25.3 Å². The Morgan fingerprint density at radius 2 is 1.26 bits per heavy atom. The van der Waals surface area contributed by atoms with E-state index in [-0.39, 0.29) is 117 Å². The summed E-state index contributed by atoms with van der Waals surface area (Å²) < 4.78 is 17.1. The predicted molar refractivity (Wildman–Crippen MR) is 437 cm³/mol. The largest absolute Gasteiger partial charge is 0.508 e. The molecule has 2 unspecified atom stereocenters. The summed E-state index contributed by atoms with van der Waals surface area (Å²) in [5, 5.41) is 90.4. The Morgan fingerprint density at radius 3 is 1.84 bits per heavy atom. The number of hydrogen-bond acceptors (Lipinski definition) is 26. The van der Waals surface area contributed by atoms with Gasteiger partial charge in [-0.3, -0.25) is 63.1 Å². The molecule has 41 nitrogen and oxygen atoms in total. The van der Waals surface area contributed by atoms with E-state index >= 15 is 0 Å². The van der Waals surface area contributed by atoms with E-state index in [2.05, 4.69) is 58.4 Å². The van der Waals surface area contributed by atoms with Crippen molar-refractivity contribution in [2.45, 2.75) is 218 Å². The first-order valence-corrected chi connectivity index (χ1v) is 42.6. The van der Waals surface area contributed by atoms with Gasteiger partial charge < -0.3 is 103 Å². The van der Waals surface area contributed by atoms with Crippen molar-refractivity contribution < 1.29 is 131 Å². The number of esters is 1. The van der Waals surface area contributed by atoms with E-state index in [1.807, 2.05) is 51.9 Å². The molecule has 0 radical (unpaired) electrons. The van der Waals surface area contributed by atoms with E-state index in [1.54, 1.807) is 17.0 Å². The van der Waals surface area contributed by atoms with Gasteiger partial charge in [0.15, 0.2) is 6.10 Å². The van der Waals surface area contributed by atoms with E-state index in [4.69, 9.17) is 19.3 Å². The fourth-order valence-electron chi connectivity index (χ4n) is 12.3. The molecule has 1 aliphatic rings. The number of hydrogen-bond donors (Lipinski definition) is 18. The summed E-state index contributed by atoms with van der Waals surface area (Å²) in [5.41, 5.74) is 5.91. The lowest BCUT2D eigenvalue weighted by atomic mass is 9.92. The highest BCUT2D eigenvalue weighted by molar-refractivity contribution is 8.76.